The van der Waals surface area contributed by atoms with Gasteiger partial charge in [0.25, 0.3) is 0 Å². The van der Waals surface area contributed by atoms with Crippen LogP contribution in [0.2, 0.25) is 0 Å². The van der Waals surface area contributed by atoms with Crippen LogP contribution < -0.4 is 11.1 Å². The van der Waals surface area contributed by atoms with Crippen LogP contribution >= 0.6 is 28.1 Å². The van der Waals surface area contributed by atoms with Crippen molar-refractivity contribution in [3.8, 4) is 0 Å². The van der Waals surface area contributed by atoms with Crippen molar-refractivity contribution in [3.05, 3.63) is 28.2 Å². The normalized spacial score (nSPS) is 11.2. The molecule has 2 nitrogen and oxygen atoms in total. The molecule has 0 saturated heterocycles. The average Bonchev–Trinajstić information content (AvgIpc) is 2.05. The molecule has 0 aliphatic rings. The summed E-state index contributed by atoms with van der Waals surface area (Å²) in [5.74, 6) is 0. The van der Waals surface area contributed by atoms with Crippen molar-refractivity contribution in [1.29, 1.82) is 0 Å². The Labute approximate surface area is 104 Å². The highest BCUT2D eigenvalue weighted by Gasteiger charge is 2.14. The van der Waals surface area contributed by atoms with Crippen LogP contribution in [0.25, 0.3) is 0 Å². The first-order valence-corrected chi connectivity index (χ1v) is 5.87. The number of nitrogens with two attached hydrogens (primary N) is 1. The van der Waals surface area contributed by atoms with Crippen molar-refractivity contribution >= 4 is 38.9 Å². The van der Waals surface area contributed by atoms with Gasteiger partial charge in [0.2, 0.25) is 0 Å². The van der Waals surface area contributed by atoms with E-state index in [0.29, 0.717) is 0 Å². The highest BCUT2D eigenvalue weighted by atomic mass is 79.9. The van der Waals surface area contributed by atoms with Gasteiger partial charge in [0.1, 0.15) is 0 Å². The zero-order valence-corrected chi connectivity index (χ0v) is 11.5. The maximum atomic E-state index is 5.42. The molecule has 0 aromatic heterocycles. The lowest BCUT2D eigenvalue weighted by molar-refractivity contribution is 0.590. The molecule has 3 N–H and O–H groups in total. The molecule has 1 rings (SSSR count). The topological polar surface area (TPSA) is 38.0 Å². The zero-order chi connectivity index (χ0) is 11.6. The van der Waals surface area contributed by atoms with Crippen LogP contribution in [0.3, 0.4) is 0 Å². The largest absolute Gasteiger partial charge is 0.376 e. The molecular formula is C11H15BrN2S. The Morgan fingerprint density at radius 2 is 2.00 bits per heavy atom. The first-order chi connectivity index (χ1) is 6.80. The molecule has 15 heavy (non-hydrogen) atoms. The summed E-state index contributed by atoms with van der Waals surface area (Å²) >= 11 is 8.28. The summed E-state index contributed by atoms with van der Waals surface area (Å²) in [5, 5.41) is 3.19. The van der Waals surface area contributed by atoms with Gasteiger partial charge in [-0.25, -0.2) is 0 Å². The van der Waals surface area contributed by atoms with Crippen LogP contribution in [-0.4, -0.2) is 5.11 Å². The SMILES string of the molecule is CC(C)(C)c1ccc(NC(N)=S)c(Br)c1. The first-order valence-electron chi connectivity index (χ1n) is 4.67. The number of rotatable bonds is 1. The van der Waals surface area contributed by atoms with Gasteiger partial charge in [0.05, 0.1) is 5.69 Å². The van der Waals surface area contributed by atoms with E-state index >= 15 is 0 Å². The maximum absolute atomic E-state index is 5.42. The van der Waals surface area contributed by atoms with Gasteiger partial charge in [0, 0.05) is 4.47 Å². The summed E-state index contributed by atoms with van der Waals surface area (Å²) in [7, 11) is 0. The average molecular weight is 287 g/mol. The predicted molar refractivity (Wildman–Crippen MR) is 73.3 cm³/mol. The van der Waals surface area contributed by atoms with Crippen molar-refractivity contribution in [3.63, 3.8) is 0 Å². The lowest BCUT2D eigenvalue weighted by Crippen LogP contribution is -2.19. The molecule has 0 spiro atoms. The van der Waals surface area contributed by atoms with Crippen molar-refractivity contribution < 1.29 is 0 Å². The monoisotopic (exact) mass is 286 g/mol. The molecule has 0 aliphatic carbocycles. The van der Waals surface area contributed by atoms with Crippen molar-refractivity contribution in [2.45, 2.75) is 26.2 Å². The third kappa shape index (κ3) is 3.47. The Morgan fingerprint density at radius 1 is 1.40 bits per heavy atom. The van der Waals surface area contributed by atoms with Crippen LogP contribution in [-0.2, 0) is 5.41 Å². The fourth-order valence-corrected chi connectivity index (χ4v) is 1.80. The molecule has 1 aromatic carbocycles. The van der Waals surface area contributed by atoms with Crippen molar-refractivity contribution in [2.24, 2.45) is 5.73 Å². The Kier molecular flexibility index (Phi) is 3.73. The van der Waals surface area contributed by atoms with Gasteiger partial charge in [-0.3, -0.25) is 0 Å². The summed E-state index contributed by atoms with van der Waals surface area (Å²) < 4.78 is 0.975. The fourth-order valence-electron chi connectivity index (χ4n) is 1.22. The molecule has 0 bridgehead atoms. The van der Waals surface area contributed by atoms with E-state index in [1.165, 1.54) is 5.56 Å². The smallest absolute Gasteiger partial charge is 0.168 e. The Bertz CT molecular complexity index is 383. The maximum Gasteiger partial charge on any atom is 0.168 e. The van der Waals surface area contributed by atoms with E-state index in [4.69, 9.17) is 18.0 Å². The van der Waals surface area contributed by atoms with Crippen LogP contribution in [0.15, 0.2) is 22.7 Å². The van der Waals surface area contributed by atoms with Gasteiger partial charge >= 0.3 is 0 Å². The lowest BCUT2D eigenvalue weighted by Gasteiger charge is -2.20. The quantitative estimate of drug-likeness (QED) is 0.777. The summed E-state index contributed by atoms with van der Waals surface area (Å²) in [6.45, 7) is 6.53. The highest BCUT2D eigenvalue weighted by Crippen LogP contribution is 2.29. The van der Waals surface area contributed by atoms with Gasteiger partial charge in [-0.05, 0) is 51.3 Å². The van der Waals surface area contributed by atoms with E-state index < -0.39 is 0 Å². The zero-order valence-electron chi connectivity index (χ0n) is 9.10. The second kappa shape index (κ2) is 4.49. The van der Waals surface area contributed by atoms with E-state index in [2.05, 4.69) is 54.2 Å². The Balaban J connectivity index is 3.03. The summed E-state index contributed by atoms with van der Waals surface area (Å²) in [4.78, 5) is 0. The number of nitrogens with one attached hydrogen (secondary N) is 1. The molecule has 0 amide bonds. The molecular weight excluding hydrogens is 272 g/mol. The third-order valence-electron chi connectivity index (χ3n) is 2.09. The van der Waals surface area contributed by atoms with E-state index in [1.807, 2.05) is 6.07 Å². The van der Waals surface area contributed by atoms with E-state index in [0.717, 1.165) is 10.2 Å². The van der Waals surface area contributed by atoms with E-state index in [-0.39, 0.29) is 10.5 Å². The highest BCUT2D eigenvalue weighted by molar-refractivity contribution is 9.10. The molecule has 0 unspecified atom stereocenters. The molecule has 0 heterocycles. The van der Waals surface area contributed by atoms with Crippen LogP contribution in [0, 0.1) is 0 Å². The second-order valence-electron chi connectivity index (χ2n) is 4.43. The van der Waals surface area contributed by atoms with Crippen molar-refractivity contribution in [2.75, 3.05) is 5.32 Å². The molecule has 0 fully saturated rings. The number of thiocarbonyl (C=S) groups is 1. The minimum atomic E-state index is 0.143. The number of hydrogen-bond acceptors (Lipinski definition) is 1. The number of benzene rings is 1. The molecule has 1 aromatic rings. The Hall–Kier alpha value is -0.610. The standard InChI is InChI=1S/C11H15BrN2S/c1-11(2,3)7-4-5-9(8(12)6-7)14-10(13)15/h4-6H,1-3H3,(H3,13,14,15). The number of halogens is 1. The molecule has 82 valence electrons. The van der Waals surface area contributed by atoms with E-state index in [9.17, 15) is 0 Å². The van der Waals surface area contributed by atoms with Crippen LogP contribution in [0.1, 0.15) is 26.3 Å². The third-order valence-corrected chi connectivity index (χ3v) is 2.85. The fraction of sp³-hybridized carbons (Fsp3) is 0.364. The summed E-state index contributed by atoms with van der Waals surface area (Å²) in [5.41, 5.74) is 7.72. The second-order valence-corrected chi connectivity index (χ2v) is 5.73. The van der Waals surface area contributed by atoms with Gasteiger partial charge in [-0.15, -0.1) is 0 Å². The predicted octanol–water partition coefficient (Wildman–Crippen LogP) is 3.40. The van der Waals surface area contributed by atoms with Gasteiger partial charge < -0.3 is 11.1 Å². The Morgan fingerprint density at radius 3 is 2.40 bits per heavy atom. The number of hydrogen-bond donors (Lipinski definition) is 2. The van der Waals surface area contributed by atoms with Crippen LogP contribution in [0.5, 0.6) is 0 Å². The minimum absolute atomic E-state index is 0.143. The van der Waals surface area contributed by atoms with E-state index in [1.54, 1.807) is 0 Å². The van der Waals surface area contributed by atoms with Gasteiger partial charge in [0.15, 0.2) is 5.11 Å². The van der Waals surface area contributed by atoms with Crippen LogP contribution in [0.4, 0.5) is 5.69 Å². The molecule has 0 aliphatic heterocycles. The minimum Gasteiger partial charge on any atom is -0.376 e. The molecule has 0 saturated carbocycles. The molecule has 0 atom stereocenters. The summed E-state index contributed by atoms with van der Waals surface area (Å²) in [6.07, 6.45) is 0. The van der Waals surface area contributed by atoms with Crippen molar-refractivity contribution in [1.82, 2.24) is 0 Å². The number of anilines is 1. The molecule has 4 heteroatoms. The van der Waals surface area contributed by atoms with Gasteiger partial charge in [-0.1, -0.05) is 26.8 Å². The lowest BCUT2D eigenvalue weighted by atomic mass is 9.87. The molecule has 0 radical (unpaired) electrons. The summed E-state index contributed by atoms with van der Waals surface area (Å²) in [6, 6.07) is 6.13. The first kappa shape index (κ1) is 12.5. The van der Waals surface area contributed by atoms with Gasteiger partial charge in [-0.2, -0.15) is 0 Å².